The molecule has 2 heterocycles. The van der Waals surface area contributed by atoms with Crippen molar-refractivity contribution in [2.75, 3.05) is 19.4 Å². The Labute approximate surface area is 205 Å². The van der Waals surface area contributed by atoms with Crippen LogP contribution in [0.1, 0.15) is 30.2 Å². The SMILES string of the molecule is COc1ccc2cc(C[C@@H]3CN[C@@H](C(=O)N[C@@H](C)C(=O)NCc4ccc(N)nc4C)C3)ccc2c1. The van der Waals surface area contributed by atoms with Gasteiger partial charge in [0.15, 0.2) is 0 Å². The molecule has 8 heteroatoms. The molecule has 2 amide bonds. The minimum Gasteiger partial charge on any atom is -0.497 e. The number of aromatic nitrogens is 1. The third-order valence-electron chi connectivity index (χ3n) is 6.60. The molecular weight excluding hydrogens is 442 g/mol. The fraction of sp³-hybridized carbons (Fsp3) is 0.370. The van der Waals surface area contributed by atoms with E-state index in [1.54, 1.807) is 20.1 Å². The number of methoxy groups -OCH3 is 1. The quantitative estimate of drug-likeness (QED) is 0.398. The molecule has 184 valence electrons. The van der Waals surface area contributed by atoms with Gasteiger partial charge in [-0.25, -0.2) is 4.98 Å². The van der Waals surface area contributed by atoms with Gasteiger partial charge in [-0.15, -0.1) is 0 Å². The number of benzene rings is 2. The third kappa shape index (κ3) is 6.08. The molecule has 1 fully saturated rings. The van der Waals surface area contributed by atoms with Crippen LogP contribution in [0.15, 0.2) is 48.5 Å². The number of carbonyl (C=O) groups excluding carboxylic acids is 2. The van der Waals surface area contributed by atoms with E-state index in [0.717, 1.165) is 41.8 Å². The van der Waals surface area contributed by atoms with Crippen LogP contribution in [0.25, 0.3) is 10.8 Å². The lowest BCUT2D eigenvalue weighted by molar-refractivity contribution is -0.129. The second-order valence-electron chi connectivity index (χ2n) is 9.24. The maximum absolute atomic E-state index is 12.8. The molecule has 1 aliphatic rings. The van der Waals surface area contributed by atoms with E-state index in [9.17, 15) is 9.59 Å². The van der Waals surface area contributed by atoms with Gasteiger partial charge in [-0.2, -0.15) is 0 Å². The maximum atomic E-state index is 12.8. The largest absolute Gasteiger partial charge is 0.497 e. The number of nitrogens with zero attached hydrogens (tertiary/aromatic N) is 1. The topological polar surface area (TPSA) is 118 Å². The first kappa shape index (κ1) is 24.5. The highest BCUT2D eigenvalue weighted by Gasteiger charge is 2.31. The van der Waals surface area contributed by atoms with Gasteiger partial charge in [0.1, 0.15) is 17.6 Å². The minimum absolute atomic E-state index is 0.147. The van der Waals surface area contributed by atoms with Crippen LogP contribution in [0, 0.1) is 12.8 Å². The van der Waals surface area contributed by atoms with Crippen LogP contribution in [-0.4, -0.2) is 42.5 Å². The van der Waals surface area contributed by atoms with Crippen molar-refractivity contribution < 1.29 is 14.3 Å². The fourth-order valence-corrected chi connectivity index (χ4v) is 4.54. The van der Waals surface area contributed by atoms with Crippen molar-refractivity contribution in [2.45, 2.75) is 45.3 Å². The molecule has 1 aromatic heterocycles. The number of pyridine rings is 1. The van der Waals surface area contributed by atoms with Gasteiger partial charge in [-0.05, 0) is 79.3 Å². The van der Waals surface area contributed by atoms with Crippen LogP contribution in [-0.2, 0) is 22.6 Å². The maximum Gasteiger partial charge on any atom is 0.242 e. The van der Waals surface area contributed by atoms with E-state index < -0.39 is 6.04 Å². The van der Waals surface area contributed by atoms with Crippen molar-refractivity contribution in [1.29, 1.82) is 0 Å². The summed E-state index contributed by atoms with van der Waals surface area (Å²) in [6.07, 6.45) is 1.63. The number of amides is 2. The number of nitrogens with two attached hydrogens (primary N) is 1. The van der Waals surface area contributed by atoms with Crippen LogP contribution in [0.4, 0.5) is 5.82 Å². The number of hydrogen-bond donors (Lipinski definition) is 4. The van der Waals surface area contributed by atoms with Crippen LogP contribution >= 0.6 is 0 Å². The molecule has 8 nitrogen and oxygen atoms in total. The number of hydrogen-bond acceptors (Lipinski definition) is 6. The summed E-state index contributed by atoms with van der Waals surface area (Å²) >= 11 is 0. The zero-order valence-corrected chi connectivity index (χ0v) is 20.4. The van der Waals surface area contributed by atoms with Crippen LogP contribution < -0.4 is 26.4 Å². The summed E-state index contributed by atoms with van der Waals surface area (Å²) in [6, 6.07) is 15.1. The Hall–Kier alpha value is -3.65. The summed E-state index contributed by atoms with van der Waals surface area (Å²) in [5, 5.41) is 11.3. The molecule has 3 atom stereocenters. The van der Waals surface area contributed by atoms with Crippen molar-refractivity contribution in [3.05, 3.63) is 65.4 Å². The Morgan fingerprint density at radius 3 is 2.71 bits per heavy atom. The monoisotopic (exact) mass is 475 g/mol. The first-order valence-electron chi connectivity index (χ1n) is 11.9. The van der Waals surface area contributed by atoms with Gasteiger partial charge in [0.05, 0.1) is 13.2 Å². The zero-order valence-electron chi connectivity index (χ0n) is 20.4. The van der Waals surface area contributed by atoms with E-state index in [2.05, 4.69) is 45.2 Å². The summed E-state index contributed by atoms with van der Waals surface area (Å²) in [7, 11) is 1.67. The van der Waals surface area contributed by atoms with Gasteiger partial charge in [0.2, 0.25) is 11.8 Å². The van der Waals surface area contributed by atoms with Crippen molar-refractivity contribution in [1.82, 2.24) is 20.9 Å². The fourth-order valence-electron chi connectivity index (χ4n) is 4.54. The Balaban J connectivity index is 1.26. The van der Waals surface area contributed by atoms with Crippen molar-refractivity contribution in [2.24, 2.45) is 5.92 Å². The minimum atomic E-state index is -0.636. The van der Waals surface area contributed by atoms with Gasteiger partial charge < -0.3 is 26.4 Å². The first-order chi connectivity index (χ1) is 16.8. The molecule has 35 heavy (non-hydrogen) atoms. The molecule has 0 radical (unpaired) electrons. The summed E-state index contributed by atoms with van der Waals surface area (Å²) < 4.78 is 5.30. The lowest BCUT2D eigenvalue weighted by Crippen LogP contribution is -2.50. The summed E-state index contributed by atoms with van der Waals surface area (Å²) in [5.41, 5.74) is 8.58. The predicted octanol–water partition coefficient (Wildman–Crippen LogP) is 2.48. The first-order valence-corrected chi connectivity index (χ1v) is 11.9. The van der Waals surface area contributed by atoms with Gasteiger partial charge in [-0.3, -0.25) is 9.59 Å². The molecular formula is C27H33N5O3. The molecule has 0 saturated carbocycles. The lowest BCUT2D eigenvalue weighted by atomic mass is 9.95. The summed E-state index contributed by atoms with van der Waals surface area (Å²) in [4.78, 5) is 29.5. The van der Waals surface area contributed by atoms with Gasteiger partial charge in [0.25, 0.3) is 0 Å². The second kappa shape index (κ2) is 10.7. The molecule has 1 saturated heterocycles. The standard InChI is InChI=1S/C27H33N5O3/c1-16-22(7-9-25(28)31-16)15-30-26(33)17(2)32-27(34)24-12-19(14-29-24)10-18-4-5-21-13-23(35-3)8-6-20(21)11-18/h4-9,11,13,17,19,24,29H,10,12,14-15H2,1-3H3,(H2,28,31)(H,30,33)(H,32,34)/t17-,19-,24+/m0/s1. The molecule has 0 unspecified atom stereocenters. The van der Waals surface area contributed by atoms with E-state index in [1.165, 1.54) is 10.9 Å². The predicted molar refractivity (Wildman–Crippen MR) is 137 cm³/mol. The third-order valence-corrected chi connectivity index (χ3v) is 6.60. The number of rotatable bonds is 8. The highest BCUT2D eigenvalue weighted by Crippen LogP contribution is 2.25. The Bertz CT molecular complexity index is 1230. The lowest BCUT2D eigenvalue weighted by Gasteiger charge is -2.17. The summed E-state index contributed by atoms with van der Waals surface area (Å²) in [6.45, 7) is 4.64. The van der Waals surface area contributed by atoms with Gasteiger partial charge >= 0.3 is 0 Å². The average molecular weight is 476 g/mol. The highest BCUT2D eigenvalue weighted by atomic mass is 16.5. The normalized spacial score (nSPS) is 18.3. The number of carbonyl (C=O) groups is 2. The molecule has 0 spiro atoms. The number of anilines is 1. The Morgan fingerprint density at radius 1 is 1.17 bits per heavy atom. The molecule has 0 bridgehead atoms. The molecule has 1 aliphatic heterocycles. The second-order valence-corrected chi connectivity index (χ2v) is 9.24. The molecule has 3 aromatic rings. The zero-order chi connectivity index (χ0) is 24.9. The number of fused-ring (bicyclic) bond motifs is 1. The number of aryl methyl sites for hydroxylation is 1. The smallest absolute Gasteiger partial charge is 0.242 e. The molecule has 0 aliphatic carbocycles. The van der Waals surface area contributed by atoms with Crippen molar-refractivity contribution in [3.63, 3.8) is 0 Å². The molecule has 5 N–H and O–H groups in total. The molecule has 4 rings (SSSR count). The number of ether oxygens (including phenoxy) is 1. The van der Waals surface area contributed by atoms with Crippen molar-refractivity contribution >= 4 is 28.4 Å². The highest BCUT2D eigenvalue weighted by molar-refractivity contribution is 5.89. The number of nitrogens with one attached hydrogen (secondary N) is 3. The Morgan fingerprint density at radius 2 is 1.94 bits per heavy atom. The van der Waals surface area contributed by atoms with Crippen LogP contribution in [0.2, 0.25) is 0 Å². The van der Waals surface area contributed by atoms with E-state index in [1.807, 2.05) is 25.1 Å². The van der Waals surface area contributed by atoms with E-state index in [-0.39, 0.29) is 17.9 Å². The average Bonchev–Trinajstić information content (AvgIpc) is 3.31. The number of nitrogen functional groups attached to an aromatic ring is 1. The van der Waals surface area contributed by atoms with Gasteiger partial charge in [-0.1, -0.05) is 30.3 Å². The van der Waals surface area contributed by atoms with Gasteiger partial charge in [0, 0.05) is 12.2 Å². The summed E-state index contributed by atoms with van der Waals surface area (Å²) in [5.74, 6) is 1.26. The van der Waals surface area contributed by atoms with E-state index >= 15 is 0 Å². The van der Waals surface area contributed by atoms with E-state index in [0.29, 0.717) is 18.3 Å². The Kier molecular flexibility index (Phi) is 7.51. The molecule has 2 aromatic carbocycles. The van der Waals surface area contributed by atoms with Crippen molar-refractivity contribution in [3.8, 4) is 5.75 Å². The van der Waals surface area contributed by atoms with E-state index in [4.69, 9.17) is 10.5 Å². The van der Waals surface area contributed by atoms with Crippen LogP contribution in [0.5, 0.6) is 5.75 Å². The van der Waals surface area contributed by atoms with Crippen LogP contribution in [0.3, 0.4) is 0 Å².